The molecule has 0 spiro atoms. The number of methoxy groups -OCH3 is 1. The van der Waals surface area contributed by atoms with Crippen LogP contribution in [-0.4, -0.2) is 7.11 Å². The number of furan rings is 1. The molecule has 0 saturated carbocycles. The van der Waals surface area contributed by atoms with Crippen molar-refractivity contribution in [2.75, 3.05) is 7.11 Å². The zero-order chi connectivity index (χ0) is 14.7. The van der Waals surface area contributed by atoms with Crippen LogP contribution in [-0.2, 0) is 6.54 Å². The minimum atomic E-state index is 0.254. The normalized spacial score (nSPS) is 12.5. The van der Waals surface area contributed by atoms with Gasteiger partial charge in [-0.3, -0.25) is 0 Å². The minimum Gasteiger partial charge on any atom is -0.497 e. The quantitative estimate of drug-likeness (QED) is 0.757. The largest absolute Gasteiger partial charge is 0.497 e. The van der Waals surface area contributed by atoms with Crippen molar-refractivity contribution in [3.05, 3.63) is 65.9 Å². The van der Waals surface area contributed by atoms with E-state index in [1.807, 2.05) is 30.3 Å². The van der Waals surface area contributed by atoms with Crippen LogP contribution in [0.25, 0.3) is 11.0 Å². The fourth-order valence-corrected chi connectivity index (χ4v) is 2.39. The highest BCUT2D eigenvalue weighted by Crippen LogP contribution is 2.21. The molecule has 3 nitrogen and oxygen atoms in total. The van der Waals surface area contributed by atoms with Gasteiger partial charge in [-0.15, -0.1) is 0 Å². The van der Waals surface area contributed by atoms with E-state index in [2.05, 4.69) is 36.5 Å². The third-order valence-electron chi connectivity index (χ3n) is 3.67. The van der Waals surface area contributed by atoms with Crippen molar-refractivity contribution in [2.24, 2.45) is 0 Å². The van der Waals surface area contributed by atoms with Gasteiger partial charge in [-0.05, 0) is 36.8 Å². The summed E-state index contributed by atoms with van der Waals surface area (Å²) in [6, 6.07) is 18.5. The second kappa shape index (κ2) is 6.02. The monoisotopic (exact) mass is 281 g/mol. The fourth-order valence-electron chi connectivity index (χ4n) is 2.39. The van der Waals surface area contributed by atoms with E-state index in [0.29, 0.717) is 6.54 Å². The molecule has 0 aliphatic heterocycles. The molecule has 2 aromatic carbocycles. The molecule has 0 aliphatic rings. The molecule has 0 saturated heterocycles. The van der Waals surface area contributed by atoms with Gasteiger partial charge in [-0.1, -0.05) is 30.3 Å². The maximum atomic E-state index is 5.81. The van der Waals surface area contributed by atoms with Crippen molar-refractivity contribution in [1.82, 2.24) is 5.32 Å². The summed E-state index contributed by atoms with van der Waals surface area (Å²) in [5.41, 5.74) is 2.17. The Bertz CT molecular complexity index is 682. The van der Waals surface area contributed by atoms with E-state index in [-0.39, 0.29) is 6.04 Å². The van der Waals surface area contributed by atoms with E-state index < -0.39 is 0 Å². The Morgan fingerprint density at radius 3 is 2.57 bits per heavy atom. The van der Waals surface area contributed by atoms with Crippen LogP contribution in [0.15, 0.2) is 59.0 Å². The molecule has 3 aromatic rings. The maximum absolute atomic E-state index is 5.81. The van der Waals surface area contributed by atoms with Crippen LogP contribution in [0.1, 0.15) is 24.3 Å². The van der Waals surface area contributed by atoms with Gasteiger partial charge in [0.1, 0.15) is 17.1 Å². The number of rotatable bonds is 5. The van der Waals surface area contributed by atoms with Crippen molar-refractivity contribution in [3.63, 3.8) is 0 Å². The lowest BCUT2D eigenvalue weighted by molar-refractivity contribution is 0.414. The smallest absolute Gasteiger partial charge is 0.134 e. The molecule has 1 atom stereocenters. The molecule has 0 fully saturated rings. The second-order valence-electron chi connectivity index (χ2n) is 5.13. The topological polar surface area (TPSA) is 34.4 Å². The van der Waals surface area contributed by atoms with Gasteiger partial charge >= 0.3 is 0 Å². The van der Waals surface area contributed by atoms with Gasteiger partial charge in [0.05, 0.1) is 13.7 Å². The fraction of sp³-hybridized carbons (Fsp3) is 0.222. The first-order valence-electron chi connectivity index (χ1n) is 7.11. The lowest BCUT2D eigenvalue weighted by atomic mass is 10.1. The molecule has 0 amide bonds. The van der Waals surface area contributed by atoms with Crippen LogP contribution in [0.4, 0.5) is 0 Å². The summed E-state index contributed by atoms with van der Waals surface area (Å²) in [5, 5.41) is 4.62. The first-order valence-corrected chi connectivity index (χ1v) is 7.11. The maximum Gasteiger partial charge on any atom is 0.134 e. The van der Waals surface area contributed by atoms with Crippen LogP contribution in [0.5, 0.6) is 5.75 Å². The Kier molecular flexibility index (Phi) is 3.93. The number of para-hydroxylation sites is 1. The van der Waals surface area contributed by atoms with Crippen LogP contribution >= 0.6 is 0 Å². The Hall–Kier alpha value is -2.26. The molecular weight excluding hydrogens is 262 g/mol. The van der Waals surface area contributed by atoms with E-state index in [1.165, 1.54) is 5.56 Å². The van der Waals surface area contributed by atoms with Crippen molar-refractivity contribution < 1.29 is 9.15 Å². The molecule has 3 rings (SSSR count). The predicted molar refractivity (Wildman–Crippen MR) is 84.5 cm³/mol. The summed E-state index contributed by atoms with van der Waals surface area (Å²) in [5.74, 6) is 1.83. The third kappa shape index (κ3) is 3.09. The van der Waals surface area contributed by atoms with Crippen molar-refractivity contribution in [1.29, 1.82) is 0 Å². The van der Waals surface area contributed by atoms with Crippen LogP contribution in [0.2, 0.25) is 0 Å². The number of nitrogens with one attached hydrogen (secondary N) is 1. The SMILES string of the molecule is COc1ccc([C@@H](C)NCc2cc3ccccc3o2)cc1. The van der Waals surface area contributed by atoms with Gasteiger partial charge in [-0.25, -0.2) is 0 Å². The standard InChI is InChI=1S/C18H19NO2/c1-13(14-7-9-16(20-2)10-8-14)19-12-17-11-15-5-3-4-6-18(15)21-17/h3-11,13,19H,12H2,1-2H3/t13-/m1/s1. The summed E-state index contributed by atoms with van der Waals surface area (Å²) in [7, 11) is 1.68. The molecule has 1 N–H and O–H groups in total. The van der Waals surface area contributed by atoms with Crippen molar-refractivity contribution in [3.8, 4) is 5.75 Å². The first-order chi connectivity index (χ1) is 10.3. The van der Waals surface area contributed by atoms with Gasteiger partial charge in [0.15, 0.2) is 0 Å². The predicted octanol–water partition coefficient (Wildman–Crippen LogP) is 4.29. The Morgan fingerprint density at radius 1 is 1.10 bits per heavy atom. The number of ether oxygens (including phenoxy) is 1. The van der Waals surface area contributed by atoms with Crippen LogP contribution in [0.3, 0.4) is 0 Å². The third-order valence-corrected chi connectivity index (χ3v) is 3.67. The summed E-state index contributed by atoms with van der Waals surface area (Å²) < 4.78 is 11.0. The highest BCUT2D eigenvalue weighted by Gasteiger charge is 2.07. The molecule has 3 heteroatoms. The molecule has 108 valence electrons. The molecule has 1 heterocycles. The molecule has 0 aliphatic carbocycles. The molecular formula is C18H19NO2. The van der Waals surface area contributed by atoms with Gasteiger partial charge in [0.25, 0.3) is 0 Å². The summed E-state index contributed by atoms with van der Waals surface area (Å²) in [4.78, 5) is 0. The highest BCUT2D eigenvalue weighted by molar-refractivity contribution is 5.77. The minimum absolute atomic E-state index is 0.254. The molecule has 0 radical (unpaired) electrons. The van der Waals surface area contributed by atoms with Gasteiger partial charge in [0.2, 0.25) is 0 Å². The van der Waals surface area contributed by atoms with Gasteiger partial charge < -0.3 is 14.5 Å². The number of hydrogen-bond donors (Lipinski definition) is 1. The summed E-state index contributed by atoms with van der Waals surface area (Å²) >= 11 is 0. The molecule has 21 heavy (non-hydrogen) atoms. The van der Waals surface area contributed by atoms with E-state index >= 15 is 0 Å². The summed E-state index contributed by atoms with van der Waals surface area (Å²) in [6.07, 6.45) is 0. The summed E-state index contributed by atoms with van der Waals surface area (Å²) in [6.45, 7) is 2.85. The van der Waals surface area contributed by atoms with E-state index in [1.54, 1.807) is 7.11 Å². The molecule has 1 aromatic heterocycles. The molecule has 0 bridgehead atoms. The lowest BCUT2D eigenvalue weighted by Crippen LogP contribution is -2.17. The number of fused-ring (bicyclic) bond motifs is 1. The number of benzene rings is 2. The average molecular weight is 281 g/mol. The number of hydrogen-bond acceptors (Lipinski definition) is 3. The van der Waals surface area contributed by atoms with E-state index in [4.69, 9.17) is 9.15 Å². The molecule has 0 unspecified atom stereocenters. The zero-order valence-electron chi connectivity index (χ0n) is 12.3. The first kappa shape index (κ1) is 13.7. The van der Waals surface area contributed by atoms with E-state index in [0.717, 1.165) is 22.5 Å². The lowest BCUT2D eigenvalue weighted by Gasteiger charge is -2.13. The van der Waals surface area contributed by atoms with Gasteiger partial charge in [0, 0.05) is 11.4 Å². The average Bonchev–Trinajstić information content (AvgIpc) is 2.95. The van der Waals surface area contributed by atoms with Gasteiger partial charge in [-0.2, -0.15) is 0 Å². The Balaban J connectivity index is 1.65. The van der Waals surface area contributed by atoms with Crippen LogP contribution in [0, 0.1) is 0 Å². The van der Waals surface area contributed by atoms with Crippen LogP contribution < -0.4 is 10.1 Å². The zero-order valence-corrected chi connectivity index (χ0v) is 12.3. The Morgan fingerprint density at radius 2 is 1.86 bits per heavy atom. The highest BCUT2D eigenvalue weighted by atomic mass is 16.5. The van der Waals surface area contributed by atoms with Crippen molar-refractivity contribution >= 4 is 11.0 Å². The van der Waals surface area contributed by atoms with Crippen molar-refractivity contribution in [2.45, 2.75) is 19.5 Å². The Labute approximate surface area is 124 Å². The second-order valence-corrected chi connectivity index (χ2v) is 5.13. The van der Waals surface area contributed by atoms with E-state index in [9.17, 15) is 0 Å².